The lowest BCUT2D eigenvalue weighted by Gasteiger charge is -2.02. The Bertz CT molecular complexity index is 582. The minimum absolute atomic E-state index is 0.131. The fraction of sp³-hybridized carbons (Fsp3) is 0.250. The van der Waals surface area contributed by atoms with Crippen LogP contribution in [-0.4, -0.2) is 19.0 Å². The molecule has 0 aliphatic carbocycles. The minimum Gasteiger partial charge on any atom is -0.397 e. The van der Waals surface area contributed by atoms with Gasteiger partial charge in [0.25, 0.3) is 5.91 Å². The van der Waals surface area contributed by atoms with Gasteiger partial charge in [0.2, 0.25) is 0 Å². The first-order valence-electron chi connectivity index (χ1n) is 5.60. The molecule has 0 aliphatic rings. The molecule has 4 nitrogen and oxygen atoms in total. The second kappa shape index (κ2) is 5.69. The normalized spacial score (nSPS) is 10.8. The molecule has 6 heteroatoms. The van der Waals surface area contributed by atoms with Crippen molar-refractivity contribution in [3.63, 3.8) is 0 Å². The van der Waals surface area contributed by atoms with Crippen molar-refractivity contribution >= 4 is 48.9 Å². The summed E-state index contributed by atoms with van der Waals surface area (Å²) in [5, 5.41) is 3.73. The predicted molar refractivity (Wildman–Crippen MR) is 79.9 cm³/mol. The van der Waals surface area contributed by atoms with E-state index < -0.39 is 0 Å². The third-order valence-electron chi connectivity index (χ3n) is 2.57. The van der Waals surface area contributed by atoms with Gasteiger partial charge in [0.1, 0.15) is 4.88 Å². The van der Waals surface area contributed by atoms with Crippen LogP contribution in [0.3, 0.4) is 0 Å². The Hall–Kier alpha value is -1.11. The molecule has 0 fully saturated rings. The number of amides is 1. The molecule has 1 amide bonds. The van der Waals surface area contributed by atoms with Crippen LogP contribution in [0.5, 0.6) is 0 Å². The topological polar surface area (TPSA) is 81.1 Å². The van der Waals surface area contributed by atoms with Gasteiger partial charge in [0, 0.05) is 21.1 Å². The highest BCUT2D eigenvalue weighted by Gasteiger charge is 2.17. The fourth-order valence-electron chi connectivity index (χ4n) is 1.68. The number of halogens is 1. The quantitative estimate of drug-likeness (QED) is 0.754. The molecule has 1 aromatic carbocycles. The number of thiophene rings is 1. The molecule has 96 valence electrons. The summed E-state index contributed by atoms with van der Waals surface area (Å²) in [7, 11) is 0. The SMILES string of the molecule is NCCCNC(=O)c1sc2cccc(Br)c2c1N. The zero-order valence-corrected chi connectivity index (χ0v) is 12.1. The van der Waals surface area contributed by atoms with Crippen LogP contribution in [0.1, 0.15) is 16.1 Å². The minimum atomic E-state index is -0.131. The van der Waals surface area contributed by atoms with E-state index in [1.165, 1.54) is 11.3 Å². The van der Waals surface area contributed by atoms with Crippen LogP contribution in [-0.2, 0) is 0 Å². The standard InChI is InChI=1S/C12H14BrN3OS/c13-7-3-1-4-8-9(7)10(15)11(18-8)12(17)16-6-2-5-14/h1,3-4H,2,5-6,14-15H2,(H,16,17). The predicted octanol–water partition coefficient (Wildman–Crippen LogP) is 2.32. The summed E-state index contributed by atoms with van der Waals surface area (Å²) < 4.78 is 1.92. The monoisotopic (exact) mass is 327 g/mol. The van der Waals surface area contributed by atoms with Gasteiger partial charge in [0.15, 0.2) is 0 Å². The zero-order valence-electron chi connectivity index (χ0n) is 9.70. The molecule has 0 saturated carbocycles. The summed E-state index contributed by atoms with van der Waals surface area (Å²) in [5.41, 5.74) is 12.0. The lowest BCUT2D eigenvalue weighted by Crippen LogP contribution is -2.25. The molecule has 0 radical (unpaired) electrons. The molecule has 2 aromatic rings. The largest absolute Gasteiger partial charge is 0.397 e. The van der Waals surface area contributed by atoms with E-state index in [1.807, 2.05) is 18.2 Å². The van der Waals surface area contributed by atoms with Crippen LogP contribution in [0.4, 0.5) is 5.69 Å². The highest BCUT2D eigenvalue weighted by molar-refractivity contribution is 9.10. The van der Waals surface area contributed by atoms with E-state index in [9.17, 15) is 4.79 Å². The van der Waals surface area contributed by atoms with Gasteiger partial charge in [-0.15, -0.1) is 11.3 Å². The molecule has 0 spiro atoms. The molecule has 0 atom stereocenters. The van der Waals surface area contributed by atoms with Crippen molar-refractivity contribution in [2.75, 3.05) is 18.8 Å². The van der Waals surface area contributed by atoms with Gasteiger partial charge < -0.3 is 16.8 Å². The lowest BCUT2D eigenvalue weighted by molar-refractivity contribution is 0.0958. The number of anilines is 1. The Morgan fingerprint density at radius 2 is 2.22 bits per heavy atom. The van der Waals surface area contributed by atoms with E-state index in [4.69, 9.17) is 11.5 Å². The molecule has 5 N–H and O–H groups in total. The number of carbonyl (C=O) groups is 1. The Balaban J connectivity index is 2.31. The summed E-state index contributed by atoms with van der Waals surface area (Å²) in [4.78, 5) is 12.5. The van der Waals surface area contributed by atoms with Gasteiger partial charge in [0.05, 0.1) is 5.69 Å². The summed E-state index contributed by atoms with van der Waals surface area (Å²) in [6.07, 6.45) is 0.764. The lowest BCUT2D eigenvalue weighted by atomic mass is 10.2. The second-order valence-corrected chi connectivity index (χ2v) is 5.76. The number of hydrogen-bond donors (Lipinski definition) is 3. The summed E-state index contributed by atoms with van der Waals surface area (Å²) in [6, 6.07) is 5.80. The van der Waals surface area contributed by atoms with Crippen molar-refractivity contribution in [1.29, 1.82) is 0 Å². The van der Waals surface area contributed by atoms with E-state index in [1.54, 1.807) is 0 Å². The number of hydrogen-bond acceptors (Lipinski definition) is 4. The Labute approximate surface area is 117 Å². The van der Waals surface area contributed by atoms with Crippen LogP contribution in [0, 0.1) is 0 Å². The van der Waals surface area contributed by atoms with E-state index in [2.05, 4.69) is 21.2 Å². The van der Waals surface area contributed by atoms with E-state index >= 15 is 0 Å². The van der Waals surface area contributed by atoms with E-state index in [0.717, 1.165) is 21.0 Å². The van der Waals surface area contributed by atoms with Crippen LogP contribution >= 0.6 is 27.3 Å². The van der Waals surface area contributed by atoms with Gasteiger partial charge in [-0.3, -0.25) is 4.79 Å². The average molecular weight is 328 g/mol. The number of nitrogens with two attached hydrogens (primary N) is 2. The van der Waals surface area contributed by atoms with Crippen LogP contribution in [0.15, 0.2) is 22.7 Å². The first kappa shape index (κ1) is 13.3. The molecule has 18 heavy (non-hydrogen) atoms. The zero-order chi connectivity index (χ0) is 13.1. The first-order chi connectivity index (χ1) is 8.65. The van der Waals surface area contributed by atoms with Crippen LogP contribution < -0.4 is 16.8 Å². The Morgan fingerprint density at radius 3 is 2.89 bits per heavy atom. The number of rotatable bonds is 4. The maximum atomic E-state index is 12.0. The molecule has 1 heterocycles. The number of benzene rings is 1. The molecule has 0 unspecified atom stereocenters. The number of fused-ring (bicyclic) bond motifs is 1. The third kappa shape index (κ3) is 2.50. The van der Waals surface area contributed by atoms with Gasteiger partial charge in [-0.2, -0.15) is 0 Å². The average Bonchev–Trinajstić information content (AvgIpc) is 2.68. The highest BCUT2D eigenvalue weighted by atomic mass is 79.9. The van der Waals surface area contributed by atoms with E-state index in [-0.39, 0.29) is 5.91 Å². The number of carbonyl (C=O) groups excluding carboxylic acids is 1. The van der Waals surface area contributed by atoms with Crippen molar-refractivity contribution in [1.82, 2.24) is 5.32 Å². The first-order valence-corrected chi connectivity index (χ1v) is 7.21. The molecular formula is C12H14BrN3OS. The van der Waals surface area contributed by atoms with Crippen molar-refractivity contribution in [3.05, 3.63) is 27.5 Å². The Kier molecular flexibility index (Phi) is 4.21. The molecule has 0 saturated heterocycles. The Morgan fingerprint density at radius 1 is 1.44 bits per heavy atom. The molecule has 0 aliphatic heterocycles. The molecular weight excluding hydrogens is 314 g/mol. The summed E-state index contributed by atoms with van der Waals surface area (Å²) >= 11 is 4.86. The van der Waals surface area contributed by atoms with Crippen LogP contribution in [0.25, 0.3) is 10.1 Å². The summed E-state index contributed by atoms with van der Waals surface area (Å²) in [6.45, 7) is 1.14. The smallest absolute Gasteiger partial charge is 0.263 e. The maximum Gasteiger partial charge on any atom is 0.263 e. The van der Waals surface area contributed by atoms with E-state index in [0.29, 0.717) is 23.7 Å². The third-order valence-corrected chi connectivity index (χ3v) is 4.40. The van der Waals surface area contributed by atoms with Gasteiger partial charge in [-0.1, -0.05) is 22.0 Å². The second-order valence-electron chi connectivity index (χ2n) is 3.86. The van der Waals surface area contributed by atoms with Gasteiger partial charge in [-0.25, -0.2) is 0 Å². The van der Waals surface area contributed by atoms with Crippen molar-refractivity contribution < 1.29 is 4.79 Å². The van der Waals surface area contributed by atoms with Gasteiger partial charge >= 0.3 is 0 Å². The number of nitrogen functional groups attached to an aromatic ring is 1. The molecule has 1 aromatic heterocycles. The molecule has 0 bridgehead atoms. The van der Waals surface area contributed by atoms with Crippen molar-refractivity contribution in [2.24, 2.45) is 5.73 Å². The van der Waals surface area contributed by atoms with Crippen LogP contribution in [0.2, 0.25) is 0 Å². The maximum absolute atomic E-state index is 12.0. The molecule has 2 rings (SSSR count). The fourth-order valence-corrected chi connectivity index (χ4v) is 3.46. The highest BCUT2D eigenvalue weighted by Crippen LogP contribution is 2.37. The summed E-state index contributed by atoms with van der Waals surface area (Å²) in [5.74, 6) is -0.131. The van der Waals surface area contributed by atoms with Gasteiger partial charge in [-0.05, 0) is 25.1 Å². The van der Waals surface area contributed by atoms with Crippen molar-refractivity contribution in [2.45, 2.75) is 6.42 Å². The number of nitrogens with one attached hydrogen (secondary N) is 1. The van der Waals surface area contributed by atoms with Crippen molar-refractivity contribution in [3.8, 4) is 0 Å².